The smallest absolute Gasteiger partial charge is 0.331 e. The SMILES string of the molecule is Nc1ccc([N+](=O)[O-])c(Oc2ccc(Cl)cc2)n1. The van der Waals surface area contributed by atoms with Crippen LogP contribution in [0.2, 0.25) is 5.02 Å². The highest BCUT2D eigenvalue weighted by molar-refractivity contribution is 6.30. The molecule has 0 unspecified atom stereocenters. The van der Waals surface area contributed by atoms with E-state index in [1.165, 1.54) is 12.1 Å². The fourth-order valence-electron chi connectivity index (χ4n) is 1.28. The van der Waals surface area contributed by atoms with Crippen LogP contribution in [0.15, 0.2) is 36.4 Å². The standard InChI is InChI=1S/C11H8ClN3O3/c12-7-1-3-8(4-2-7)18-11-9(15(16)17)5-6-10(13)14-11/h1-6H,(H2,13,14). The van der Waals surface area contributed by atoms with Gasteiger partial charge in [0.1, 0.15) is 11.6 Å². The van der Waals surface area contributed by atoms with Gasteiger partial charge in [0.15, 0.2) is 0 Å². The Morgan fingerprint density at radius 3 is 2.50 bits per heavy atom. The van der Waals surface area contributed by atoms with Crippen LogP contribution in [0.4, 0.5) is 11.5 Å². The van der Waals surface area contributed by atoms with Crippen LogP contribution in [-0.2, 0) is 0 Å². The number of aromatic nitrogens is 1. The summed E-state index contributed by atoms with van der Waals surface area (Å²) < 4.78 is 5.32. The van der Waals surface area contributed by atoms with Crippen LogP contribution in [-0.4, -0.2) is 9.91 Å². The Balaban J connectivity index is 2.35. The average Bonchev–Trinajstić information content (AvgIpc) is 2.32. The van der Waals surface area contributed by atoms with Gasteiger partial charge in [-0.15, -0.1) is 0 Å². The van der Waals surface area contributed by atoms with Crippen molar-refractivity contribution in [1.82, 2.24) is 4.98 Å². The molecular formula is C11H8ClN3O3. The van der Waals surface area contributed by atoms with E-state index in [1.807, 2.05) is 0 Å². The van der Waals surface area contributed by atoms with E-state index in [1.54, 1.807) is 24.3 Å². The normalized spacial score (nSPS) is 10.1. The third-order valence-electron chi connectivity index (χ3n) is 2.09. The predicted octanol–water partition coefficient (Wildman–Crippen LogP) is 3.02. The minimum Gasteiger partial charge on any atom is -0.434 e. The van der Waals surface area contributed by atoms with Crippen LogP contribution in [0.3, 0.4) is 0 Å². The molecule has 0 saturated carbocycles. The van der Waals surface area contributed by atoms with E-state index in [4.69, 9.17) is 22.1 Å². The van der Waals surface area contributed by atoms with Crippen molar-refractivity contribution in [3.05, 3.63) is 51.5 Å². The molecule has 0 amide bonds. The molecule has 0 aliphatic carbocycles. The van der Waals surface area contributed by atoms with Crippen molar-refractivity contribution < 1.29 is 9.66 Å². The Morgan fingerprint density at radius 2 is 1.89 bits per heavy atom. The number of pyridine rings is 1. The maximum absolute atomic E-state index is 10.8. The summed E-state index contributed by atoms with van der Waals surface area (Å²) in [5.74, 6) is 0.382. The molecule has 7 heteroatoms. The fourth-order valence-corrected chi connectivity index (χ4v) is 1.40. The van der Waals surface area contributed by atoms with Gasteiger partial charge in [0.25, 0.3) is 0 Å². The predicted molar refractivity (Wildman–Crippen MR) is 66.8 cm³/mol. The van der Waals surface area contributed by atoms with Crippen LogP contribution < -0.4 is 10.5 Å². The minimum absolute atomic E-state index is 0.143. The van der Waals surface area contributed by atoms with Crippen LogP contribution in [0.25, 0.3) is 0 Å². The van der Waals surface area contributed by atoms with E-state index in [0.717, 1.165) is 0 Å². The largest absolute Gasteiger partial charge is 0.434 e. The van der Waals surface area contributed by atoms with E-state index in [2.05, 4.69) is 4.98 Å². The van der Waals surface area contributed by atoms with Crippen molar-refractivity contribution in [2.75, 3.05) is 5.73 Å². The highest BCUT2D eigenvalue weighted by Gasteiger charge is 2.17. The first-order valence-corrected chi connectivity index (χ1v) is 5.28. The Labute approximate surface area is 107 Å². The highest BCUT2D eigenvalue weighted by Crippen LogP contribution is 2.30. The van der Waals surface area contributed by atoms with Crippen molar-refractivity contribution in [1.29, 1.82) is 0 Å². The van der Waals surface area contributed by atoms with Gasteiger partial charge < -0.3 is 10.5 Å². The Hall–Kier alpha value is -2.34. The van der Waals surface area contributed by atoms with Gasteiger partial charge in [-0.25, -0.2) is 0 Å². The second kappa shape index (κ2) is 4.89. The van der Waals surface area contributed by atoms with Gasteiger partial charge in [-0.3, -0.25) is 10.1 Å². The maximum atomic E-state index is 10.8. The molecule has 2 rings (SSSR count). The lowest BCUT2D eigenvalue weighted by atomic mass is 10.3. The van der Waals surface area contributed by atoms with Crippen molar-refractivity contribution in [2.45, 2.75) is 0 Å². The summed E-state index contributed by atoms with van der Waals surface area (Å²) in [6, 6.07) is 8.96. The Morgan fingerprint density at radius 1 is 1.22 bits per heavy atom. The molecule has 2 N–H and O–H groups in total. The number of nitrogens with two attached hydrogens (primary N) is 1. The highest BCUT2D eigenvalue weighted by atomic mass is 35.5. The van der Waals surface area contributed by atoms with Gasteiger partial charge in [0.05, 0.1) is 4.92 Å². The molecule has 92 valence electrons. The average molecular weight is 266 g/mol. The van der Waals surface area contributed by atoms with E-state index in [-0.39, 0.29) is 17.4 Å². The van der Waals surface area contributed by atoms with Crippen LogP contribution in [0.1, 0.15) is 0 Å². The molecule has 2 aromatic rings. The number of ether oxygens (including phenoxy) is 1. The quantitative estimate of drug-likeness (QED) is 0.680. The van der Waals surface area contributed by atoms with Crippen LogP contribution in [0.5, 0.6) is 11.6 Å². The van der Waals surface area contributed by atoms with E-state index >= 15 is 0 Å². The first-order valence-electron chi connectivity index (χ1n) is 4.90. The zero-order chi connectivity index (χ0) is 13.1. The second-order valence-electron chi connectivity index (χ2n) is 3.37. The summed E-state index contributed by atoms with van der Waals surface area (Å²) >= 11 is 5.72. The lowest BCUT2D eigenvalue weighted by molar-refractivity contribution is -0.386. The topological polar surface area (TPSA) is 91.3 Å². The number of rotatable bonds is 3. The molecule has 0 bridgehead atoms. The van der Waals surface area contributed by atoms with Gasteiger partial charge in [0.2, 0.25) is 0 Å². The second-order valence-corrected chi connectivity index (χ2v) is 3.81. The molecule has 0 fully saturated rings. The first kappa shape index (κ1) is 12.1. The maximum Gasteiger partial charge on any atom is 0.331 e. The van der Waals surface area contributed by atoms with E-state index < -0.39 is 4.92 Å². The van der Waals surface area contributed by atoms with Crippen molar-refractivity contribution in [3.63, 3.8) is 0 Å². The molecule has 6 nitrogen and oxygen atoms in total. The molecule has 18 heavy (non-hydrogen) atoms. The third kappa shape index (κ3) is 2.67. The summed E-state index contributed by atoms with van der Waals surface area (Å²) in [4.78, 5) is 14.0. The Bertz CT molecular complexity index is 587. The lowest BCUT2D eigenvalue weighted by Gasteiger charge is -2.05. The van der Waals surface area contributed by atoms with E-state index in [0.29, 0.717) is 10.8 Å². The molecule has 0 spiro atoms. The summed E-state index contributed by atoms with van der Waals surface area (Å²) in [6.07, 6.45) is 0. The number of nitrogen functional groups attached to an aromatic ring is 1. The molecule has 1 aromatic carbocycles. The number of hydrogen-bond donors (Lipinski definition) is 1. The molecule has 0 aliphatic rings. The number of nitrogens with zero attached hydrogens (tertiary/aromatic N) is 2. The molecule has 0 aliphatic heterocycles. The molecule has 1 aromatic heterocycles. The van der Waals surface area contributed by atoms with Gasteiger partial charge in [-0.1, -0.05) is 11.6 Å². The van der Waals surface area contributed by atoms with Gasteiger partial charge >= 0.3 is 11.6 Å². The molecule has 0 radical (unpaired) electrons. The zero-order valence-corrected chi connectivity index (χ0v) is 9.79. The number of hydrogen-bond acceptors (Lipinski definition) is 5. The van der Waals surface area contributed by atoms with Crippen molar-refractivity contribution in [3.8, 4) is 11.6 Å². The molecular weight excluding hydrogens is 258 g/mol. The summed E-state index contributed by atoms with van der Waals surface area (Å²) in [5.41, 5.74) is 5.22. The van der Waals surface area contributed by atoms with Crippen LogP contribution in [0, 0.1) is 10.1 Å². The molecule has 0 atom stereocenters. The molecule has 0 saturated heterocycles. The summed E-state index contributed by atoms with van der Waals surface area (Å²) in [7, 11) is 0. The summed E-state index contributed by atoms with van der Waals surface area (Å²) in [5, 5.41) is 11.3. The zero-order valence-electron chi connectivity index (χ0n) is 9.04. The van der Waals surface area contributed by atoms with Gasteiger partial charge in [0, 0.05) is 11.1 Å². The van der Waals surface area contributed by atoms with Crippen LogP contribution >= 0.6 is 11.6 Å². The number of nitro groups is 1. The Kier molecular flexibility index (Phi) is 3.29. The van der Waals surface area contributed by atoms with Crippen molar-refractivity contribution in [2.24, 2.45) is 0 Å². The monoisotopic (exact) mass is 265 g/mol. The van der Waals surface area contributed by atoms with Gasteiger partial charge in [-0.2, -0.15) is 4.98 Å². The number of halogens is 1. The number of anilines is 1. The lowest BCUT2D eigenvalue weighted by Crippen LogP contribution is -1.98. The number of benzene rings is 1. The van der Waals surface area contributed by atoms with Crippen molar-refractivity contribution >= 4 is 23.1 Å². The first-order chi connectivity index (χ1) is 8.56. The fraction of sp³-hybridized carbons (Fsp3) is 0. The minimum atomic E-state index is -0.586. The molecule has 1 heterocycles. The third-order valence-corrected chi connectivity index (χ3v) is 2.34. The van der Waals surface area contributed by atoms with Gasteiger partial charge in [-0.05, 0) is 30.3 Å². The van der Waals surface area contributed by atoms with E-state index in [9.17, 15) is 10.1 Å². The summed E-state index contributed by atoms with van der Waals surface area (Å²) in [6.45, 7) is 0.